The summed E-state index contributed by atoms with van der Waals surface area (Å²) in [6, 6.07) is 0. The van der Waals surface area contributed by atoms with E-state index in [1.165, 1.54) is 57.8 Å². The summed E-state index contributed by atoms with van der Waals surface area (Å²) in [5.74, 6) is 2.02. The van der Waals surface area contributed by atoms with Crippen molar-refractivity contribution in [1.82, 2.24) is 0 Å². The first-order valence-corrected chi connectivity index (χ1v) is 6.58. The average molecular weight is 190 g/mol. The molecule has 0 saturated heterocycles. The van der Waals surface area contributed by atoms with E-state index >= 15 is 0 Å². The number of hydrogen-bond donors (Lipinski definition) is 0. The molecule has 3 rings (SSSR count). The molecule has 0 nitrogen and oxygen atoms in total. The van der Waals surface area contributed by atoms with Crippen LogP contribution in [-0.4, -0.2) is 0 Å². The second kappa shape index (κ2) is 3.40. The van der Waals surface area contributed by atoms with Crippen molar-refractivity contribution in [3.63, 3.8) is 0 Å². The Kier molecular flexibility index (Phi) is 2.18. The zero-order valence-corrected chi connectivity index (χ0v) is 9.17. The second-order valence-electron chi connectivity index (χ2n) is 5.78. The highest BCUT2D eigenvalue weighted by molar-refractivity contribution is 5.17. The topological polar surface area (TPSA) is 0 Å². The lowest BCUT2D eigenvalue weighted by atomic mass is 9.71. The molecule has 0 heterocycles. The van der Waals surface area contributed by atoms with Crippen molar-refractivity contribution in [3.05, 3.63) is 12.2 Å². The molecule has 2 bridgehead atoms. The maximum atomic E-state index is 2.61. The van der Waals surface area contributed by atoms with E-state index in [4.69, 9.17) is 0 Å². The molecule has 2 atom stereocenters. The molecule has 2 fully saturated rings. The zero-order chi connectivity index (χ0) is 9.43. The molecule has 0 radical (unpaired) electrons. The normalized spacial score (nSPS) is 43.0. The summed E-state index contributed by atoms with van der Waals surface area (Å²) < 4.78 is 0. The zero-order valence-electron chi connectivity index (χ0n) is 9.17. The maximum Gasteiger partial charge on any atom is -0.00841 e. The molecule has 0 aromatic heterocycles. The van der Waals surface area contributed by atoms with Crippen LogP contribution in [-0.2, 0) is 0 Å². The van der Waals surface area contributed by atoms with E-state index in [-0.39, 0.29) is 0 Å². The van der Waals surface area contributed by atoms with E-state index in [1.807, 2.05) is 0 Å². The van der Waals surface area contributed by atoms with Gasteiger partial charge in [-0.05, 0) is 49.4 Å². The van der Waals surface area contributed by atoms with Crippen molar-refractivity contribution in [2.45, 2.75) is 57.8 Å². The Morgan fingerprint density at radius 2 is 1.71 bits per heavy atom. The first-order valence-electron chi connectivity index (χ1n) is 6.58. The molecule has 14 heavy (non-hydrogen) atoms. The first kappa shape index (κ1) is 9.00. The maximum absolute atomic E-state index is 2.61. The van der Waals surface area contributed by atoms with Crippen LogP contribution < -0.4 is 0 Å². The molecular formula is C14H22. The van der Waals surface area contributed by atoms with Crippen LogP contribution in [0.15, 0.2) is 12.2 Å². The van der Waals surface area contributed by atoms with Gasteiger partial charge in [-0.15, -0.1) is 0 Å². The highest BCUT2D eigenvalue weighted by atomic mass is 14.5. The van der Waals surface area contributed by atoms with Gasteiger partial charge >= 0.3 is 0 Å². The van der Waals surface area contributed by atoms with Crippen molar-refractivity contribution in [2.24, 2.45) is 17.3 Å². The molecule has 2 unspecified atom stereocenters. The fourth-order valence-electron chi connectivity index (χ4n) is 4.15. The lowest BCUT2D eigenvalue weighted by Gasteiger charge is -2.33. The summed E-state index contributed by atoms with van der Waals surface area (Å²) in [4.78, 5) is 0. The van der Waals surface area contributed by atoms with Gasteiger partial charge in [-0.25, -0.2) is 0 Å². The summed E-state index contributed by atoms with van der Waals surface area (Å²) in [5, 5.41) is 0. The van der Waals surface area contributed by atoms with E-state index < -0.39 is 0 Å². The number of fused-ring (bicyclic) bond motifs is 2. The monoisotopic (exact) mass is 190 g/mol. The lowest BCUT2D eigenvalue weighted by molar-refractivity contribution is 0.214. The summed E-state index contributed by atoms with van der Waals surface area (Å²) >= 11 is 0. The Hall–Kier alpha value is -0.260. The Bertz CT molecular complexity index is 232. The van der Waals surface area contributed by atoms with Crippen LogP contribution in [0, 0.1) is 17.3 Å². The molecule has 3 aliphatic rings. The van der Waals surface area contributed by atoms with Gasteiger partial charge < -0.3 is 0 Å². The summed E-state index contributed by atoms with van der Waals surface area (Å²) in [6.45, 7) is 0. The van der Waals surface area contributed by atoms with E-state index in [2.05, 4.69) is 12.2 Å². The summed E-state index contributed by atoms with van der Waals surface area (Å²) in [6.07, 6.45) is 18.7. The van der Waals surface area contributed by atoms with Crippen molar-refractivity contribution in [1.29, 1.82) is 0 Å². The standard InChI is InChI=1S/C14H22/c1-2-4-6-13(5-3-1)14-9-7-12(11-14)8-10-14/h7,9,12-13H,1-6,8,10-11H2. The first-order chi connectivity index (χ1) is 6.89. The quantitative estimate of drug-likeness (QED) is 0.427. The molecule has 0 aromatic rings. The Labute approximate surface area is 87.8 Å². The lowest BCUT2D eigenvalue weighted by Crippen LogP contribution is -2.24. The van der Waals surface area contributed by atoms with Gasteiger partial charge in [-0.3, -0.25) is 0 Å². The third-order valence-corrected chi connectivity index (χ3v) is 4.99. The number of allylic oxidation sites excluding steroid dienone is 2. The molecule has 0 aromatic carbocycles. The molecule has 0 amide bonds. The van der Waals surface area contributed by atoms with Crippen molar-refractivity contribution in [3.8, 4) is 0 Å². The van der Waals surface area contributed by atoms with Gasteiger partial charge in [0.15, 0.2) is 0 Å². The van der Waals surface area contributed by atoms with Gasteiger partial charge in [0.2, 0.25) is 0 Å². The average Bonchev–Trinajstić information content (AvgIpc) is 2.70. The molecular weight excluding hydrogens is 168 g/mol. The highest BCUT2D eigenvalue weighted by Crippen LogP contribution is 2.56. The van der Waals surface area contributed by atoms with Gasteiger partial charge in [-0.1, -0.05) is 37.8 Å². The van der Waals surface area contributed by atoms with Crippen molar-refractivity contribution in [2.75, 3.05) is 0 Å². The fraction of sp³-hybridized carbons (Fsp3) is 0.857. The Balaban J connectivity index is 1.76. The largest absolute Gasteiger partial charge is 0.0848 e. The third kappa shape index (κ3) is 1.34. The predicted molar refractivity (Wildman–Crippen MR) is 60.1 cm³/mol. The van der Waals surface area contributed by atoms with Crippen molar-refractivity contribution < 1.29 is 0 Å². The smallest absolute Gasteiger partial charge is 0.00841 e. The van der Waals surface area contributed by atoms with Crippen LogP contribution in [0.3, 0.4) is 0 Å². The number of rotatable bonds is 1. The van der Waals surface area contributed by atoms with Gasteiger partial charge in [0.1, 0.15) is 0 Å². The van der Waals surface area contributed by atoms with E-state index in [0.717, 1.165) is 11.8 Å². The molecule has 2 saturated carbocycles. The molecule has 0 N–H and O–H groups in total. The Morgan fingerprint density at radius 1 is 0.929 bits per heavy atom. The molecule has 0 aliphatic heterocycles. The van der Waals surface area contributed by atoms with Crippen LogP contribution >= 0.6 is 0 Å². The van der Waals surface area contributed by atoms with Crippen LogP contribution in [0.5, 0.6) is 0 Å². The highest BCUT2D eigenvalue weighted by Gasteiger charge is 2.45. The molecule has 0 heteroatoms. The molecule has 78 valence electrons. The summed E-state index contributed by atoms with van der Waals surface area (Å²) in [5.41, 5.74) is 0.689. The van der Waals surface area contributed by atoms with Crippen LogP contribution in [0.4, 0.5) is 0 Å². The second-order valence-corrected chi connectivity index (χ2v) is 5.78. The Morgan fingerprint density at radius 3 is 2.21 bits per heavy atom. The van der Waals surface area contributed by atoms with Crippen LogP contribution in [0.25, 0.3) is 0 Å². The summed E-state index contributed by atoms with van der Waals surface area (Å²) in [7, 11) is 0. The van der Waals surface area contributed by atoms with Gasteiger partial charge in [0.25, 0.3) is 0 Å². The van der Waals surface area contributed by atoms with Crippen molar-refractivity contribution >= 4 is 0 Å². The van der Waals surface area contributed by atoms with E-state index in [1.54, 1.807) is 0 Å². The minimum Gasteiger partial charge on any atom is -0.0848 e. The van der Waals surface area contributed by atoms with Gasteiger partial charge in [-0.2, -0.15) is 0 Å². The van der Waals surface area contributed by atoms with Gasteiger partial charge in [0, 0.05) is 0 Å². The molecule has 0 spiro atoms. The predicted octanol–water partition coefficient (Wildman–Crippen LogP) is 4.31. The van der Waals surface area contributed by atoms with Crippen LogP contribution in [0.2, 0.25) is 0 Å². The van der Waals surface area contributed by atoms with Crippen LogP contribution in [0.1, 0.15) is 57.8 Å². The fourth-order valence-corrected chi connectivity index (χ4v) is 4.15. The number of hydrogen-bond acceptors (Lipinski definition) is 0. The van der Waals surface area contributed by atoms with E-state index in [9.17, 15) is 0 Å². The minimum atomic E-state index is 0.689. The minimum absolute atomic E-state index is 0.689. The van der Waals surface area contributed by atoms with Gasteiger partial charge in [0.05, 0.1) is 0 Å². The molecule has 3 aliphatic carbocycles. The van der Waals surface area contributed by atoms with E-state index in [0.29, 0.717) is 5.41 Å². The third-order valence-electron chi connectivity index (χ3n) is 4.99. The SMILES string of the molecule is C1=CC2(C3CCCCCC3)CCC1C2.